The van der Waals surface area contributed by atoms with E-state index in [1.165, 1.54) is 0 Å². The second-order valence-electron chi connectivity index (χ2n) is 10.8. The Morgan fingerprint density at radius 1 is 1.10 bits per heavy atom. The topological polar surface area (TPSA) is 120 Å². The van der Waals surface area contributed by atoms with Crippen molar-refractivity contribution in [1.29, 1.82) is 0 Å². The maximum absolute atomic E-state index is 13.0. The van der Waals surface area contributed by atoms with Crippen molar-refractivity contribution in [3.8, 4) is 10.6 Å². The van der Waals surface area contributed by atoms with Gasteiger partial charge in [-0.3, -0.25) is 9.69 Å². The van der Waals surface area contributed by atoms with E-state index in [9.17, 15) is 9.90 Å². The van der Waals surface area contributed by atoms with Gasteiger partial charge in [0, 0.05) is 80.0 Å². The lowest BCUT2D eigenvalue weighted by atomic mass is 10.1. The van der Waals surface area contributed by atoms with Crippen LogP contribution in [0.3, 0.4) is 0 Å². The summed E-state index contributed by atoms with van der Waals surface area (Å²) in [6.07, 6.45) is 2.90. The number of β-amino-alcohol motifs (C(OH)–C–C–N with tert-alkyl or cyclic N) is 1. The fourth-order valence-electron chi connectivity index (χ4n) is 6.03. The molecule has 0 radical (unpaired) electrons. The summed E-state index contributed by atoms with van der Waals surface area (Å²) >= 11 is 1.56. The average Bonchev–Trinajstić information content (AvgIpc) is 3.72. The monoisotopic (exact) mass is 572 g/mol. The Hall–Kier alpha value is -3.71. The van der Waals surface area contributed by atoms with Gasteiger partial charge < -0.3 is 25.0 Å². The van der Waals surface area contributed by atoms with Gasteiger partial charge in [0.1, 0.15) is 16.6 Å². The van der Waals surface area contributed by atoms with Gasteiger partial charge in [0.15, 0.2) is 0 Å². The van der Waals surface area contributed by atoms with Gasteiger partial charge in [0.25, 0.3) is 5.91 Å². The Bertz CT molecular complexity index is 1590. The molecule has 0 saturated carbocycles. The number of rotatable bonds is 7. The lowest BCUT2D eigenvalue weighted by Crippen LogP contribution is -2.47. The Morgan fingerprint density at radius 2 is 1.98 bits per heavy atom. The highest BCUT2D eigenvalue weighted by Crippen LogP contribution is 2.34. The molecule has 3 aromatic heterocycles. The number of carbonyl (C=O) groups is 1. The number of pyridine rings is 1. The number of fused-ring (bicyclic) bond motifs is 3. The number of aromatic nitrogens is 4. The third-order valence-corrected chi connectivity index (χ3v) is 9.08. The van der Waals surface area contributed by atoms with E-state index >= 15 is 0 Å². The lowest BCUT2D eigenvalue weighted by Gasteiger charge is -2.34. The van der Waals surface area contributed by atoms with E-state index < -0.39 is 0 Å². The summed E-state index contributed by atoms with van der Waals surface area (Å²) < 4.78 is 6.35. The molecule has 6 heterocycles. The van der Waals surface area contributed by atoms with Crippen molar-refractivity contribution in [2.24, 2.45) is 0 Å². The molecule has 41 heavy (non-hydrogen) atoms. The number of nitrogens with one attached hydrogen (secondary N) is 1. The number of thiazole rings is 1. The van der Waals surface area contributed by atoms with Gasteiger partial charge in [-0.05, 0) is 25.5 Å². The van der Waals surface area contributed by atoms with Crippen molar-refractivity contribution in [3.63, 3.8) is 0 Å². The molecule has 1 amide bonds. The van der Waals surface area contributed by atoms with Crippen LogP contribution < -0.4 is 10.2 Å². The van der Waals surface area contributed by atoms with Crippen molar-refractivity contribution < 1.29 is 14.6 Å². The standard InChI is InChI=1S/C29H32N8O3S/c1-18-11-26(34-29(31-18)37-17-21-13-22(37)16-36(21)5-8-38)33-25-14-23-24(15-30-25)41-27(32-23)19-3-2-4-20(12-19)28(39)35-6-9-40-10-7-35/h2-4,11-12,14-15,21-22,38H,5-10,13,16-17H2,1H3,(H,30,31,33,34)/t21-,22-/m0/s1. The number of morpholine rings is 1. The number of carbonyl (C=O) groups excluding carboxylic acids is 1. The average molecular weight is 573 g/mol. The van der Waals surface area contributed by atoms with Crippen LogP contribution in [0.4, 0.5) is 17.6 Å². The van der Waals surface area contributed by atoms with Crippen LogP contribution in [0, 0.1) is 6.92 Å². The fraction of sp³-hybridized carbons (Fsp3) is 0.414. The third kappa shape index (κ3) is 5.23. The van der Waals surface area contributed by atoms with Crippen LogP contribution in [0.1, 0.15) is 22.5 Å². The van der Waals surface area contributed by atoms with Crippen LogP contribution in [0.25, 0.3) is 20.8 Å². The summed E-state index contributed by atoms with van der Waals surface area (Å²) in [5.41, 5.74) is 3.29. The lowest BCUT2D eigenvalue weighted by molar-refractivity contribution is 0.0303. The van der Waals surface area contributed by atoms with Crippen LogP contribution in [0.5, 0.6) is 0 Å². The van der Waals surface area contributed by atoms with Crippen molar-refractivity contribution >= 4 is 45.0 Å². The smallest absolute Gasteiger partial charge is 0.254 e. The Morgan fingerprint density at radius 3 is 2.78 bits per heavy atom. The largest absolute Gasteiger partial charge is 0.395 e. The summed E-state index contributed by atoms with van der Waals surface area (Å²) in [4.78, 5) is 38.5. The predicted molar refractivity (Wildman–Crippen MR) is 158 cm³/mol. The first-order chi connectivity index (χ1) is 20.0. The summed E-state index contributed by atoms with van der Waals surface area (Å²) in [6, 6.07) is 12.3. The number of ether oxygens (including phenoxy) is 1. The molecule has 11 nitrogen and oxygen atoms in total. The molecule has 3 aliphatic heterocycles. The molecule has 2 N–H and O–H groups in total. The second kappa shape index (κ2) is 10.9. The SMILES string of the molecule is Cc1cc(Nc2cc3nc(-c4cccc(C(=O)N5CCOCC5)c4)sc3cn2)nc(N2C[C@@H]3C[C@H]2CN3CCO)n1. The number of aryl methyl sites for hydroxylation is 1. The third-order valence-electron chi connectivity index (χ3n) is 8.03. The molecular formula is C29H32N8O3S. The number of hydrogen-bond donors (Lipinski definition) is 2. The van der Waals surface area contributed by atoms with Crippen LogP contribution in [-0.2, 0) is 4.74 Å². The zero-order valence-electron chi connectivity index (χ0n) is 22.9. The zero-order valence-corrected chi connectivity index (χ0v) is 23.7. The maximum Gasteiger partial charge on any atom is 0.254 e. The molecular weight excluding hydrogens is 540 g/mol. The van der Waals surface area contributed by atoms with Gasteiger partial charge in [0.2, 0.25) is 5.95 Å². The number of benzene rings is 1. The van der Waals surface area contributed by atoms with Gasteiger partial charge in [-0.25, -0.2) is 15.0 Å². The number of likely N-dealkylation sites (tertiary alicyclic amines) is 1. The normalized spacial score (nSPS) is 20.7. The minimum absolute atomic E-state index is 0.0215. The molecule has 0 unspecified atom stereocenters. The molecule has 2 atom stereocenters. The highest BCUT2D eigenvalue weighted by atomic mass is 32.1. The number of piperazine rings is 1. The van der Waals surface area contributed by atoms with E-state index in [2.05, 4.69) is 20.1 Å². The molecule has 1 aromatic carbocycles. The summed E-state index contributed by atoms with van der Waals surface area (Å²) in [6.45, 7) is 7.07. The van der Waals surface area contributed by atoms with E-state index in [-0.39, 0.29) is 12.5 Å². The summed E-state index contributed by atoms with van der Waals surface area (Å²) in [5, 5.41) is 13.5. The molecule has 12 heteroatoms. The number of hydrogen-bond acceptors (Lipinski definition) is 11. The Kier molecular flexibility index (Phi) is 6.99. The molecule has 212 valence electrons. The van der Waals surface area contributed by atoms with E-state index in [4.69, 9.17) is 19.7 Å². The minimum atomic E-state index is 0.0215. The number of anilines is 3. The van der Waals surface area contributed by atoms with Crippen LogP contribution in [0.2, 0.25) is 0 Å². The summed E-state index contributed by atoms with van der Waals surface area (Å²) in [5.74, 6) is 2.10. The first-order valence-corrected chi connectivity index (χ1v) is 14.8. The second-order valence-corrected chi connectivity index (χ2v) is 11.8. The minimum Gasteiger partial charge on any atom is -0.395 e. The first kappa shape index (κ1) is 26.2. The van der Waals surface area contributed by atoms with Gasteiger partial charge in [-0.2, -0.15) is 4.98 Å². The van der Waals surface area contributed by atoms with Gasteiger partial charge in [-0.1, -0.05) is 12.1 Å². The van der Waals surface area contributed by atoms with E-state index in [0.29, 0.717) is 55.6 Å². The van der Waals surface area contributed by atoms with Crippen molar-refractivity contribution in [1.82, 2.24) is 29.7 Å². The Balaban J connectivity index is 1.09. The first-order valence-electron chi connectivity index (χ1n) is 14.0. The molecule has 3 aliphatic rings. The summed E-state index contributed by atoms with van der Waals surface area (Å²) in [7, 11) is 0. The number of nitrogens with zero attached hydrogens (tertiary/aromatic N) is 7. The number of amides is 1. The fourth-order valence-corrected chi connectivity index (χ4v) is 6.95. The molecule has 0 spiro atoms. The van der Waals surface area contributed by atoms with E-state index in [1.807, 2.05) is 54.4 Å². The predicted octanol–water partition coefficient (Wildman–Crippen LogP) is 2.93. The van der Waals surface area contributed by atoms with Crippen molar-refractivity contribution in [3.05, 3.63) is 53.9 Å². The van der Waals surface area contributed by atoms with Crippen molar-refractivity contribution in [2.45, 2.75) is 25.4 Å². The van der Waals surface area contributed by atoms with Crippen LogP contribution in [0.15, 0.2) is 42.6 Å². The highest BCUT2D eigenvalue weighted by Gasteiger charge is 2.44. The molecule has 2 bridgehead atoms. The molecule has 0 aliphatic carbocycles. The van der Waals surface area contributed by atoms with E-state index in [1.54, 1.807) is 11.3 Å². The molecule has 3 fully saturated rings. The number of aliphatic hydroxyl groups excluding tert-OH is 1. The number of aliphatic hydroxyl groups is 1. The molecule has 4 aromatic rings. The maximum atomic E-state index is 13.0. The quantitative estimate of drug-likeness (QED) is 0.342. The highest BCUT2D eigenvalue weighted by molar-refractivity contribution is 7.21. The van der Waals surface area contributed by atoms with Gasteiger partial charge in [-0.15, -0.1) is 11.3 Å². The van der Waals surface area contributed by atoms with E-state index in [0.717, 1.165) is 58.5 Å². The molecule has 3 saturated heterocycles. The van der Waals surface area contributed by atoms with Gasteiger partial charge >= 0.3 is 0 Å². The van der Waals surface area contributed by atoms with Crippen LogP contribution >= 0.6 is 11.3 Å². The zero-order chi connectivity index (χ0) is 27.9. The molecule has 7 rings (SSSR count). The van der Waals surface area contributed by atoms with Gasteiger partial charge in [0.05, 0.1) is 30.0 Å². The van der Waals surface area contributed by atoms with Crippen molar-refractivity contribution in [2.75, 3.05) is 62.8 Å². The van der Waals surface area contributed by atoms with Crippen LogP contribution in [-0.4, -0.2) is 105 Å². The Labute approximate surface area is 241 Å².